The molecule has 1 aliphatic heterocycles. The summed E-state index contributed by atoms with van der Waals surface area (Å²) in [6.07, 6.45) is 5.79. The van der Waals surface area contributed by atoms with Crippen molar-refractivity contribution in [1.82, 2.24) is 9.80 Å². The van der Waals surface area contributed by atoms with E-state index in [0.29, 0.717) is 28.7 Å². The monoisotopic (exact) mass is 440 g/mol. The highest BCUT2D eigenvalue weighted by atomic mass is 35.5. The SMILES string of the molecule is CC(C)(C)OC(=O)N1CC[C@H](N(C(=O)c2cccc(Cl)c2Cl)C2CCCCC2)C1. The molecule has 160 valence electrons. The smallest absolute Gasteiger partial charge is 0.410 e. The van der Waals surface area contributed by atoms with E-state index in [0.717, 1.165) is 32.1 Å². The maximum atomic E-state index is 13.6. The highest BCUT2D eigenvalue weighted by molar-refractivity contribution is 6.43. The fraction of sp³-hybridized carbons (Fsp3) is 0.636. The van der Waals surface area contributed by atoms with Crippen molar-refractivity contribution in [3.63, 3.8) is 0 Å². The van der Waals surface area contributed by atoms with E-state index in [1.54, 1.807) is 23.1 Å². The summed E-state index contributed by atoms with van der Waals surface area (Å²) >= 11 is 12.5. The number of hydrogen-bond donors (Lipinski definition) is 0. The average molecular weight is 441 g/mol. The predicted molar refractivity (Wildman–Crippen MR) is 116 cm³/mol. The van der Waals surface area contributed by atoms with Crippen LogP contribution in [0.25, 0.3) is 0 Å². The molecule has 2 fully saturated rings. The van der Waals surface area contributed by atoms with Crippen molar-refractivity contribution >= 4 is 35.2 Å². The van der Waals surface area contributed by atoms with Gasteiger partial charge in [0.25, 0.3) is 5.91 Å². The van der Waals surface area contributed by atoms with Crippen LogP contribution in [0.15, 0.2) is 18.2 Å². The van der Waals surface area contributed by atoms with Crippen molar-refractivity contribution in [1.29, 1.82) is 0 Å². The van der Waals surface area contributed by atoms with Crippen LogP contribution in [-0.4, -0.2) is 52.6 Å². The van der Waals surface area contributed by atoms with Gasteiger partial charge in [-0.3, -0.25) is 4.79 Å². The molecule has 0 spiro atoms. The van der Waals surface area contributed by atoms with Crippen LogP contribution in [0.3, 0.4) is 0 Å². The van der Waals surface area contributed by atoms with Gasteiger partial charge < -0.3 is 14.5 Å². The molecule has 7 heteroatoms. The van der Waals surface area contributed by atoms with Gasteiger partial charge in [0.1, 0.15) is 5.60 Å². The van der Waals surface area contributed by atoms with Crippen LogP contribution in [-0.2, 0) is 4.74 Å². The summed E-state index contributed by atoms with van der Waals surface area (Å²) in [5, 5.41) is 0.671. The van der Waals surface area contributed by atoms with Crippen molar-refractivity contribution in [3.8, 4) is 0 Å². The number of ether oxygens (including phenoxy) is 1. The molecule has 1 saturated carbocycles. The van der Waals surface area contributed by atoms with Crippen LogP contribution >= 0.6 is 23.2 Å². The number of carbonyl (C=O) groups is 2. The Morgan fingerprint density at radius 1 is 1.07 bits per heavy atom. The molecule has 0 radical (unpaired) electrons. The Hall–Kier alpha value is -1.46. The highest BCUT2D eigenvalue weighted by Gasteiger charge is 2.39. The zero-order valence-electron chi connectivity index (χ0n) is 17.4. The molecule has 29 heavy (non-hydrogen) atoms. The first kappa shape index (κ1) is 22.2. The van der Waals surface area contributed by atoms with Crippen LogP contribution in [0.4, 0.5) is 4.79 Å². The van der Waals surface area contributed by atoms with E-state index in [9.17, 15) is 9.59 Å². The number of benzene rings is 1. The third-order valence-corrected chi connectivity index (χ3v) is 6.41. The minimum Gasteiger partial charge on any atom is -0.444 e. The summed E-state index contributed by atoms with van der Waals surface area (Å²) in [4.78, 5) is 29.7. The maximum Gasteiger partial charge on any atom is 0.410 e. The van der Waals surface area contributed by atoms with Crippen molar-refractivity contribution < 1.29 is 14.3 Å². The summed E-state index contributed by atoms with van der Waals surface area (Å²) in [6, 6.07) is 5.28. The molecular formula is C22H30Cl2N2O3. The number of hydrogen-bond acceptors (Lipinski definition) is 3. The summed E-state index contributed by atoms with van der Waals surface area (Å²) in [5.74, 6) is -0.0968. The number of amides is 2. The van der Waals surface area contributed by atoms with Crippen LogP contribution in [0.5, 0.6) is 0 Å². The van der Waals surface area contributed by atoms with Gasteiger partial charge in [0.15, 0.2) is 0 Å². The molecule has 1 heterocycles. The molecule has 5 nitrogen and oxygen atoms in total. The molecule has 0 bridgehead atoms. The largest absolute Gasteiger partial charge is 0.444 e. The molecule has 1 aromatic rings. The highest BCUT2D eigenvalue weighted by Crippen LogP contribution is 2.33. The predicted octanol–water partition coefficient (Wildman–Crippen LogP) is 5.78. The van der Waals surface area contributed by atoms with E-state index in [4.69, 9.17) is 27.9 Å². The lowest BCUT2D eigenvalue weighted by Crippen LogP contribution is -2.49. The normalized spacial score (nSPS) is 20.6. The summed E-state index contributed by atoms with van der Waals surface area (Å²) in [7, 11) is 0. The van der Waals surface area contributed by atoms with E-state index in [-0.39, 0.29) is 24.1 Å². The van der Waals surface area contributed by atoms with Crippen molar-refractivity contribution in [2.75, 3.05) is 13.1 Å². The number of halogens is 2. The average Bonchev–Trinajstić information content (AvgIpc) is 3.13. The summed E-state index contributed by atoms with van der Waals surface area (Å²) in [5.41, 5.74) is -0.108. The summed E-state index contributed by atoms with van der Waals surface area (Å²) in [6.45, 7) is 6.64. The van der Waals surface area contributed by atoms with E-state index in [2.05, 4.69) is 0 Å². The fourth-order valence-electron chi connectivity index (χ4n) is 4.26. The minimum atomic E-state index is -0.539. The maximum absolute atomic E-state index is 13.6. The Labute approximate surface area is 183 Å². The van der Waals surface area contributed by atoms with Gasteiger partial charge in [0.2, 0.25) is 0 Å². The van der Waals surface area contributed by atoms with Crippen molar-refractivity contribution in [3.05, 3.63) is 33.8 Å². The Kier molecular flexibility index (Phi) is 7.00. The number of nitrogens with zero attached hydrogens (tertiary/aromatic N) is 2. The first-order chi connectivity index (χ1) is 13.7. The molecule has 3 rings (SSSR count). The van der Waals surface area contributed by atoms with Gasteiger partial charge in [0.05, 0.1) is 21.7 Å². The third kappa shape index (κ3) is 5.37. The molecule has 1 atom stereocenters. The van der Waals surface area contributed by atoms with Gasteiger partial charge in [-0.05, 0) is 52.2 Å². The summed E-state index contributed by atoms with van der Waals surface area (Å²) < 4.78 is 5.52. The van der Waals surface area contributed by atoms with E-state index >= 15 is 0 Å². The topological polar surface area (TPSA) is 49.9 Å². The van der Waals surface area contributed by atoms with Gasteiger partial charge in [-0.2, -0.15) is 0 Å². The van der Waals surface area contributed by atoms with Gasteiger partial charge in [0, 0.05) is 19.1 Å². The Bertz CT molecular complexity index is 757. The van der Waals surface area contributed by atoms with E-state index in [1.165, 1.54) is 6.42 Å². The second kappa shape index (κ2) is 9.13. The van der Waals surface area contributed by atoms with Crippen LogP contribution < -0.4 is 0 Å². The van der Waals surface area contributed by atoms with Crippen molar-refractivity contribution in [2.45, 2.75) is 77.0 Å². The molecule has 1 aliphatic carbocycles. The Morgan fingerprint density at radius 3 is 2.41 bits per heavy atom. The zero-order valence-corrected chi connectivity index (χ0v) is 18.9. The minimum absolute atomic E-state index is 0.0480. The van der Waals surface area contributed by atoms with Crippen molar-refractivity contribution in [2.24, 2.45) is 0 Å². The van der Waals surface area contributed by atoms with Crippen LogP contribution in [0.2, 0.25) is 10.0 Å². The first-order valence-electron chi connectivity index (χ1n) is 10.4. The molecule has 0 aromatic heterocycles. The lowest BCUT2D eigenvalue weighted by molar-refractivity contribution is 0.0257. The zero-order chi connectivity index (χ0) is 21.2. The molecule has 1 aromatic carbocycles. The standard InChI is InChI=1S/C22H30Cl2N2O3/c1-22(2,3)29-21(28)25-13-12-16(14-25)26(15-8-5-4-6-9-15)20(27)17-10-7-11-18(23)19(17)24/h7,10-11,15-16H,4-6,8-9,12-14H2,1-3H3/t16-/m0/s1. The molecule has 2 aliphatic rings. The first-order valence-corrected chi connectivity index (χ1v) is 11.2. The van der Waals surface area contributed by atoms with Gasteiger partial charge in [-0.1, -0.05) is 48.5 Å². The molecule has 1 saturated heterocycles. The molecule has 0 N–H and O–H groups in total. The molecule has 2 amide bonds. The van der Waals surface area contributed by atoms with Crippen LogP contribution in [0, 0.1) is 0 Å². The van der Waals surface area contributed by atoms with E-state index in [1.807, 2.05) is 25.7 Å². The second-order valence-corrected chi connectivity index (χ2v) is 9.76. The molecular weight excluding hydrogens is 411 g/mol. The Morgan fingerprint density at radius 2 is 1.76 bits per heavy atom. The quantitative estimate of drug-likeness (QED) is 0.598. The lowest BCUT2D eigenvalue weighted by Gasteiger charge is -2.39. The number of rotatable bonds is 3. The number of carbonyl (C=O) groups excluding carboxylic acids is 2. The fourth-order valence-corrected chi connectivity index (χ4v) is 4.64. The Balaban J connectivity index is 1.82. The third-order valence-electron chi connectivity index (χ3n) is 5.59. The van der Waals surface area contributed by atoms with Gasteiger partial charge >= 0.3 is 6.09 Å². The second-order valence-electron chi connectivity index (χ2n) is 8.97. The van der Waals surface area contributed by atoms with Gasteiger partial charge in [-0.25, -0.2) is 4.79 Å². The van der Waals surface area contributed by atoms with Gasteiger partial charge in [-0.15, -0.1) is 0 Å². The molecule has 0 unspecified atom stereocenters. The van der Waals surface area contributed by atoms with E-state index < -0.39 is 5.60 Å². The number of likely N-dealkylation sites (tertiary alicyclic amines) is 1. The van der Waals surface area contributed by atoms with Crippen LogP contribution in [0.1, 0.15) is 69.7 Å². The lowest BCUT2D eigenvalue weighted by atomic mass is 9.92.